The molecule has 2 aromatic rings. The van der Waals surface area contributed by atoms with Gasteiger partial charge in [-0.15, -0.1) is 0 Å². The molecular formula is C15H12O7. The van der Waals surface area contributed by atoms with E-state index in [0.717, 1.165) is 6.07 Å². The molecule has 1 aliphatic heterocycles. The Hall–Kier alpha value is -2.93. The molecular weight excluding hydrogens is 292 g/mol. The second kappa shape index (κ2) is 4.54. The molecule has 0 saturated heterocycles. The van der Waals surface area contributed by atoms with Crippen molar-refractivity contribution in [3.63, 3.8) is 0 Å². The van der Waals surface area contributed by atoms with E-state index in [9.17, 15) is 30.3 Å². The first kappa shape index (κ1) is 14.0. The summed E-state index contributed by atoms with van der Waals surface area (Å²) in [5, 5.41) is 48.2. The van der Waals surface area contributed by atoms with E-state index in [0.29, 0.717) is 5.56 Å². The van der Waals surface area contributed by atoms with E-state index in [-0.39, 0.29) is 23.5 Å². The van der Waals surface area contributed by atoms with Crippen LogP contribution in [0.15, 0.2) is 30.3 Å². The van der Waals surface area contributed by atoms with Gasteiger partial charge in [0.15, 0.2) is 23.0 Å². The average Bonchev–Trinajstić information content (AvgIpc) is 2.72. The summed E-state index contributed by atoms with van der Waals surface area (Å²) in [6, 6.07) is 6.16. The van der Waals surface area contributed by atoms with E-state index in [4.69, 9.17) is 4.74 Å². The molecule has 0 fully saturated rings. The lowest BCUT2D eigenvalue weighted by molar-refractivity contribution is -0.0897. The highest BCUT2D eigenvalue weighted by molar-refractivity contribution is 6.07. The number of hydrogen-bond acceptors (Lipinski definition) is 7. The summed E-state index contributed by atoms with van der Waals surface area (Å²) in [6.07, 6.45) is -0.311. The Kier molecular flexibility index (Phi) is 2.89. The number of ether oxygens (including phenoxy) is 1. The zero-order valence-corrected chi connectivity index (χ0v) is 11.1. The van der Waals surface area contributed by atoms with E-state index in [1.165, 1.54) is 24.3 Å². The molecule has 7 heteroatoms. The van der Waals surface area contributed by atoms with Gasteiger partial charge in [0.05, 0.1) is 5.56 Å². The number of benzene rings is 2. The smallest absolute Gasteiger partial charge is 0.277 e. The van der Waals surface area contributed by atoms with Crippen molar-refractivity contribution in [2.45, 2.75) is 12.2 Å². The highest BCUT2D eigenvalue weighted by Crippen LogP contribution is 2.46. The SMILES string of the molecule is O=C1c2ccc(O)c(O)c2OC1(O)Cc1ccc(O)c(O)c1. The Bertz CT molecular complexity index is 784. The lowest BCUT2D eigenvalue weighted by Gasteiger charge is -2.20. The fourth-order valence-electron chi connectivity index (χ4n) is 2.34. The predicted molar refractivity (Wildman–Crippen MR) is 73.2 cm³/mol. The first-order chi connectivity index (χ1) is 10.3. The maximum absolute atomic E-state index is 12.3. The minimum absolute atomic E-state index is 0.0548. The Labute approximate surface area is 124 Å². The molecule has 22 heavy (non-hydrogen) atoms. The van der Waals surface area contributed by atoms with Crippen molar-refractivity contribution >= 4 is 5.78 Å². The van der Waals surface area contributed by atoms with Crippen LogP contribution in [0.3, 0.4) is 0 Å². The molecule has 3 rings (SSSR count). The Morgan fingerprint density at radius 2 is 1.64 bits per heavy atom. The van der Waals surface area contributed by atoms with Crippen molar-refractivity contribution < 1.29 is 35.1 Å². The lowest BCUT2D eigenvalue weighted by Crippen LogP contribution is -2.42. The van der Waals surface area contributed by atoms with Gasteiger partial charge in [-0.1, -0.05) is 6.07 Å². The summed E-state index contributed by atoms with van der Waals surface area (Å²) in [5.74, 6) is -5.17. The van der Waals surface area contributed by atoms with Crippen LogP contribution in [0.5, 0.6) is 28.7 Å². The minimum Gasteiger partial charge on any atom is -0.504 e. The van der Waals surface area contributed by atoms with E-state index in [1.54, 1.807) is 0 Å². The van der Waals surface area contributed by atoms with E-state index in [2.05, 4.69) is 0 Å². The average molecular weight is 304 g/mol. The maximum atomic E-state index is 12.3. The molecule has 0 bridgehead atoms. The molecule has 0 amide bonds. The molecule has 0 spiro atoms. The quantitative estimate of drug-likeness (QED) is 0.524. The topological polar surface area (TPSA) is 127 Å². The normalized spacial score (nSPS) is 19.8. The molecule has 0 saturated carbocycles. The van der Waals surface area contributed by atoms with Gasteiger partial charge in [-0.3, -0.25) is 4.79 Å². The summed E-state index contributed by atoms with van der Waals surface area (Å²) in [6.45, 7) is 0. The second-order valence-electron chi connectivity index (χ2n) is 5.03. The van der Waals surface area contributed by atoms with Crippen LogP contribution in [-0.2, 0) is 6.42 Å². The molecule has 1 heterocycles. The number of phenols is 4. The van der Waals surface area contributed by atoms with Crippen molar-refractivity contribution in [1.82, 2.24) is 0 Å². The molecule has 1 atom stereocenters. The molecule has 0 aromatic heterocycles. The van der Waals surface area contributed by atoms with Crippen LogP contribution in [0.2, 0.25) is 0 Å². The highest BCUT2D eigenvalue weighted by Gasteiger charge is 2.48. The van der Waals surface area contributed by atoms with E-state index < -0.39 is 28.8 Å². The number of rotatable bonds is 2. The first-order valence-electron chi connectivity index (χ1n) is 6.34. The Balaban J connectivity index is 1.96. The molecule has 2 aromatic carbocycles. The van der Waals surface area contributed by atoms with Gasteiger partial charge in [0.2, 0.25) is 11.5 Å². The van der Waals surface area contributed by atoms with Gasteiger partial charge in [0.1, 0.15) is 0 Å². The molecule has 7 nitrogen and oxygen atoms in total. The van der Waals surface area contributed by atoms with Crippen molar-refractivity contribution in [2.24, 2.45) is 0 Å². The van der Waals surface area contributed by atoms with Crippen LogP contribution >= 0.6 is 0 Å². The number of ketones is 1. The second-order valence-corrected chi connectivity index (χ2v) is 5.03. The van der Waals surface area contributed by atoms with Gasteiger partial charge in [0, 0.05) is 6.42 Å². The van der Waals surface area contributed by atoms with Crippen LogP contribution in [0, 0.1) is 0 Å². The number of aromatic hydroxyl groups is 4. The van der Waals surface area contributed by atoms with Gasteiger partial charge >= 0.3 is 0 Å². The van der Waals surface area contributed by atoms with E-state index >= 15 is 0 Å². The Morgan fingerprint density at radius 3 is 2.32 bits per heavy atom. The zero-order chi connectivity index (χ0) is 16.1. The van der Waals surface area contributed by atoms with Crippen LogP contribution in [0.4, 0.5) is 0 Å². The fourth-order valence-corrected chi connectivity index (χ4v) is 2.34. The van der Waals surface area contributed by atoms with Crippen molar-refractivity contribution in [3.8, 4) is 28.7 Å². The molecule has 0 radical (unpaired) electrons. The third-order valence-corrected chi connectivity index (χ3v) is 3.46. The predicted octanol–water partition coefficient (Wildman–Crippen LogP) is 1.02. The third kappa shape index (κ3) is 1.99. The highest BCUT2D eigenvalue weighted by atomic mass is 16.6. The number of aliphatic hydroxyl groups is 1. The monoisotopic (exact) mass is 304 g/mol. The summed E-state index contributed by atoms with van der Waals surface area (Å²) in [4.78, 5) is 12.3. The molecule has 0 aliphatic carbocycles. The first-order valence-corrected chi connectivity index (χ1v) is 6.34. The van der Waals surface area contributed by atoms with Gasteiger partial charge in [0.25, 0.3) is 5.79 Å². The largest absolute Gasteiger partial charge is 0.504 e. The minimum atomic E-state index is -2.27. The number of carbonyl (C=O) groups excluding carboxylic acids is 1. The number of carbonyl (C=O) groups is 1. The van der Waals surface area contributed by atoms with Gasteiger partial charge in [-0.05, 0) is 29.8 Å². The van der Waals surface area contributed by atoms with Crippen molar-refractivity contribution in [3.05, 3.63) is 41.5 Å². The van der Waals surface area contributed by atoms with Gasteiger partial charge in [-0.2, -0.15) is 0 Å². The molecule has 5 N–H and O–H groups in total. The number of Topliss-reactive ketones (excluding diaryl/α,β-unsaturated/α-hetero) is 1. The number of phenolic OH excluding ortho intramolecular Hbond substituents is 4. The van der Waals surface area contributed by atoms with E-state index in [1.807, 2.05) is 0 Å². The van der Waals surface area contributed by atoms with Crippen LogP contribution < -0.4 is 4.74 Å². The van der Waals surface area contributed by atoms with Crippen LogP contribution in [0.1, 0.15) is 15.9 Å². The summed E-state index contributed by atoms with van der Waals surface area (Å²) >= 11 is 0. The van der Waals surface area contributed by atoms with Crippen molar-refractivity contribution in [1.29, 1.82) is 0 Å². The number of hydrogen-bond donors (Lipinski definition) is 5. The zero-order valence-electron chi connectivity index (χ0n) is 11.1. The molecule has 1 aliphatic rings. The standard InChI is InChI=1S/C15H12O7/c16-9-3-1-7(5-11(9)18)6-15(21)14(20)8-2-4-10(17)12(19)13(8)22-15/h1-5,16-19,21H,6H2. The Morgan fingerprint density at radius 1 is 0.955 bits per heavy atom. The lowest BCUT2D eigenvalue weighted by atomic mass is 9.98. The molecule has 114 valence electrons. The summed E-state index contributed by atoms with van der Waals surface area (Å²) in [7, 11) is 0. The third-order valence-electron chi connectivity index (χ3n) is 3.46. The molecule has 1 unspecified atom stereocenters. The van der Waals surface area contributed by atoms with Crippen molar-refractivity contribution in [2.75, 3.05) is 0 Å². The van der Waals surface area contributed by atoms with Gasteiger partial charge in [-0.25, -0.2) is 0 Å². The number of fused-ring (bicyclic) bond motifs is 1. The van der Waals surface area contributed by atoms with Crippen LogP contribution in [-0.4, -0.2) is 37.1 Å². The summed E-state index contributed by atoms with van der Waals surface area (Å²) < 4.78 is 5.14. The maximum Gasteiger partial charge on any atom is 0.277 e. The summed E-state index contributed by atoms with van der Waals surface area (Å²) in [5.41, 5.74) is 0.281. The fraction of sp³-hybridized carbons (Fsp3) is 0.133. The van der Waals surface area contributed by atoms with Crippen LogP contribution in [0.25, 0.3) is 0 Å². The van der Waals surface area contributed by atoms with Gasteiger partial charge < -0.3 is 30.3 Å².